The predicted molar refractivity (Wildman–Crippen MR) is 85.1 cm³/mol. The van der Waals surface area contributed by atoms with Crippen LogP contribution in [0.3, 0.4) is 0 Å². The number of piperidine rings is 1. The van der Waals surface area contributed by atoms with Crippen LogP contribution in [0.4, 0.5) is 21.8 Å². The van der Waals surface area contributed by atoms with Crippen LogP contribution >= 0.6 is 11.6 Å². The fourth-order valence-corrected chi connectivity index (χ4v) is 2.78. The zero-order chi connectivity index (χ0) is 15.5. The van der Waals surface area contributed by atoms with E-state index in [1.54, 1.807) is 12.3 Å². The van der Waals surface area contributed by atoms with Gasteiger partial charge in [0, 0.05) is 18.8 Å². The van der Waals surface area contributed by atoms with Gasteiger partial charge in [0.25, 0.3) is 0 Å². The highest BCUT2D eigenvalue weighted by atomic mass is 35.5. The van der Waals surface area contributed by atoms with Crippen LogP contribution < -0.4 is 10.2 Å². The van der Waals surface area contributed by atoms with E-state index in [1.165, 1.54) is 18.6 Å². The summed E-state index contributed by atoms with van der Waals surface area (Å²) in [6.07, 6.45) is 4.07. The lowest BCUT2D eigenvalue weighted by Gasteiger charge is -2.31. The average molecular weight is 322 g/mol. The van der Waals surface area contributed by atoms with Gasteiger partial charge in [0.1, 0.15) is 5.82 Å². The lowest BCUT2D eigenvalue weighted by atomic mass is 10.0. The Labute approximate surface area is 133 Å². The van der Waals surface area contributed by atoms with Crippen molar-refractivity contribution >= 4 is 29.1 Å². The van der Waals surface area contributed by atoms with E-state index < -0.39 is 5.82 Å². The van der Waals surface area contributed by atoms with Crippen LogP contribution in [0.15, 0.2) is 24.4 Å². The molecular formula is C15H17ClFN5. The molecule has 5 nitrogen and oxygen atoms in total. The molecule has 116 valence electrons. The molecule has 0 spiro atoms. The maximum Gasteiger partial charge on any atom is 0.249 e. The molecule has 1 aliphatic rings. The number of benzene rings is 1. The number of anilines is 3. The van der Waals surface area contributed by atoms with Gasteiger partial charge in [-0.1, -0.05) is 18.5 Å². The zero-order valence-electron chi connectivity index (χ0n) is 12.3. The fourth-order valence-electron chi connectivity index (χ4n) is 2.60. The van der Waals surface area contributed by atoms with Crippen molar-refractivity contribution in [1.82, 2.24) is 15.2 Å². The van der Waals surface area contributed by atoms with Crippen LogP contribution in [0.25, 0.3) is 0 Å². The van der Waals surface area contributed by atoms with Gasteiger partial charge in [0.05, 0.1) is 11.2 Å². The normalized spacial score (nSPS) is 18.3. The van der Waals surface area contributed by atoms with Crippen LogP contribution in [-0.2, 0) is 0 Å². The van der Waals surface area contributed by atoms with Crippen LogP contribution in [0.1, 0.15) is 19.8 Å². The van der Waals surface area contributed by atoms with Crippen molar-refractivity contribution in [2.75, 3.05) is 23.3 Å². The summed E-state index contributed by atoms with van der Waals surface area (Å²) in [6, 6.07) is 4.38. The Kier molecular flexibility index (Phi) is 4.38. The van der Waals surface area contributed by atoms with Gasteiger partial charge < -0.3 is 10.2 Å². The Balaban J connectivity index is 1.77. The molecule has 0 bridgehead atoms. The van der Waals surface area contributed by atoms with Crippen molar-refractivity contribution in [3.8, 4) is 0 Å². The third kappa shape index (κ3) is 3.44. The van der Waals surface area contributed by atoms with E-state index in [4.69, 9.17) is 11.6 Å². The summed E-state index contributed by atoms with van der Waals surface area (Å²) in [5.41, 5.74) is 0.623. The van der Waals surface area contributed by atoms with Crippen molar-refractivity contribution in [3.05, 3.63) is 35.2 Å². The summed E-state index contributed by atoms with van der Waals surface area (Å²) in [6.45, 7) is 4.19. The molecule has 1 unspecified atom stereocenters. The second-order valence-corrected chi connectivity index (χ2v) is 5.99. The van der Waals surface area contributed by atoms with E-state index in [0.29, 0.717) is 17.6 Å². The standard InChI is InChI=1S/C15H17ClFN5/c1-10-3-2-6-22(9-10)14-8-18-21-15(20-14)19-11-4-5-13(17)12(16)7-11/h4-5,7-8,10H,2-3,6,9H2,1H3,(H,19,20,21). The predicted octanol–water partition coefficient (Wildman–Crippen LogP) is 3.64. The monoisotopic (exact) mass is 321 g/mol. The molecule has 0 saturated carbocycles. The fraction of sp³-hybridized carbons (Fsp3) is 0.400. The van der Waals surface area contributed by atoms with E-state index in [0.717, 1.165) is 25.3 Å². The van der Waals surface area contributed by atoms with Crippen molar-refractivity contribution in [2.45, 2.75) is 19.8 Å². The van der Waals surface area contributed by atoms with Crippen LogP contribution in [0.2, 0.25) is 5.02 Å². The molecule has 1 aromatic carbocycles. The van der Waals surface area contributed by atoms with E-state index in [9.17, 15) is 4.39 Å². The summed E-state index contributed by atoms with van der Waals surface area (Å²) >= 11 is 5.77. The Hall–Kier alpha value is -1.95. The molecule has 1 aliphatic heterocycles. The van der Waals surface area contributed by atoms with Gasteiger partial charge in [0.15, 0.2) is 5.82 Å². The third-order valence-corrected chi connectivity index (χ3v) is 3.99. The van der Waals surface area contributed by atoms with Gasteiger partial charge in [0.2, 0.25) is 5.95 Å². The number of nitrogens with zero attached hydrogens (tertiary/aromatic N) is 4. The van der Waals surface area contributed by atoms with Crippen molar-refractivity contribution in [3.63, 3.8) is 0 Å². The SMILES string of the molecule is CC1CCCN(c2cnnc(Nc3ccc(F)c(Cl)c3)n2)C1. The van der Waals surface area contributed by atoms with Crippen LogP contribution in [0.5, 0.6) is 0 Å². The Morgan fingerprint density at radius 3 is 3.05 bits per heavy atom. The third-order valence-electron chi connectivity index (χ3n) is 3.70. The summed E-state index contributed by atoms with van der Waals surface area (Å²) in [5, 5.41) is 11.0. The maximum atomic E-state index is 13.2. The minimum Gasteiger partial charge on any atom is -0.355 e. The highest BCUT2D eigenvalue weighted by Gasteiger charge is 2.18. The van der Waals surface area contributed by atoms with Crippen molar-refractivity contribution < 1.29 is 4.39 Å². The molecule has 22 heavy (non-hydrogen) atoms. The molecule has 7 heteroatoms. The molecule has 1 N–H and O–H groups in total. The molecule has 1 aromatic heterocycles. The summed E-state index contributed by atoms with van der Waals surface area (Å²) < 4.78 is 13.2. The lowest BCUT2D eigenvalue weighted by molar-refractivity contribution is 0.444. The molecule has 2 heterocycles. The number of aromatic nitrogens is 3. The second-order valence-electron chi connectivity index (χ2n) is 5.59. The number of hydrogen-bond acceptors (Lipinski definition) is 5. The van der Waals surface area contributed by atoms with Crippen LogP contribution in [0, 0.1) is 11.7 Å². The van der Waals surface area contributed by atoms with Crippen molar-refractivity contribution in [2.24, 2.45) is 5.92 Å². The molecule has 3 rings (SSSR count). The first-order chi connectivity index (χ1) is 10.6. The highest BCUT2D eigenvalue weighted by molar-refractivity contribution is 6.31. The summed E-state index contributed by atoms with van der Waals surface area (Å²) in [4.78, 5) is 6.70. The summed E-state index contributed by atoms with van der Waals surface area (Å²) in [7, 11) is 0. The van der Waals surface area contributed by atoms with Gasteiger partial charge in [-0.25, -0.2) is 4.39 Å². The first-order valence-corrected chi connectivity index (χ1v) is 7.66. The molecule has 0 aliphatic carbocycles. The number of nitrogens with one attached hydrogen (secondary N) is 1. The summed E-state index contributed by atoms with van der Waals surface area (Å²) in [5.74, 6) is 1.37. The van der Waals surface area contributed by atoms with Gasteiger partial charge in [-0.3, -0.25) is 0 Å². The second kappa shape index (κ2) is 6.44. The van der Waals surface area contributed by atoms with Gasteiger partial charge in [-0.15, -0.1) is 5.10 Å². The highest BCUT2D eigenvalue weighted by Crippen LogP contribution is 2.23. The average Bonchev–Trinajstić information content (AvgIpc) is 2.51. The minimum atomic E-state index is -0.456. The molecule has 1 atom stereocenters. The molecule has 2 aromatic rings. The number of hydrogen-bond donors (Lipinski definition) is 1. The quantitative estimate of drug-likeness (QED) is 0.935. The molecule has 1 fully saturated rings. The maximum absolute atomic E-state index is 13.2. The molecule has 0 radical (unpaired) electrons. The first-order valence-electron chi connectivity index (χ1n) is 7.28. The van der Waals surface area contributed by atoms with Gasteiger partial charge in [-0.2, -0.15) is 10.1 Å². The van der Waals surface area contributed by atoms with E-state index in [2.05, 4.69) is 32.3 Å². The largest absolute Gasteiger partial charge is 0.355 e. The smallest absolute Gasteiger partial charge is 0.249 e. The molecule has 1 saturated heterocycles. The van der Waals surface area contributed by atoms with Gasteiger partial charge in [-0.05, 0) is 37.0 Å². The lowest BCUT2D eigenvalue weighted by Crippen LogP contribution is -2.35. The topological polar surface area (TPSA) is 53.9 Å². The van der Waals surface area contributed by atoms with E-state index >= 15 is 0 Å². The first kappa shape index (κ1) is 15.0. The van der Waals surface area contributed by atoms with E-state index in [-0.39, 0.29) is 5.02 Å². The van der Waals surface area contributed by atoms with E-state index in [1.807, 2.05) is 0 Å². The number of rotatable bonds is 3. The Bertz CT molecular complexity index is 666. The number of halogens is 2. The minimum absolute atomic E-state index is 0.0546. The molecule has 0 amide bonds. The van der Waals surface area contributed by atoms with Crippen molar-refractivity contribution in [1.29, 1.82) is 0 Å². The van der Waals surface area contributed by atoms with Crippen LogP contribution in [-0.4, -0.2) is 28.3 Å². The van der Waals surface area contributed by atoms with Gasteiger partial charge >= 0.3 is 0 Å². The Morgan fingerprint density at radius 2 is 2.27 bits per heavy atom. The zero-order valence-corrected chi connectivity index (χ0v) is 13.0. The Morgan fingerprint density at radius 1 is 1.41 bits per heavy atom. The molecular weight excluding hydrogens is 305 g/mol.